The molecule has 0 radical (unpaired) electrons. The summed E-state index contributed by atoms with van der Waals surface area (Å²) >= 11 is 6.11. The molecule has 136 valence electrons. The smallest absolute Gasteiger partial charge is 0.211 e. The van der Waals surface area contributed by atoms with Gasteiger partial charge in [0.25, 0.3) is 0 Å². The van der Waals surface area contributed by atoms with Crippen LogP contribution in [0.1, 0.15) is 36.4 Å². The fourth-order valence-electron chi connectivity index (χ4n) is 3.40. The Balaban J connectivity index is 2.01. The van der Waals surface area contributed by atoms with Crippen LogP contribution >= 0.6 is 11.6 Å². The number of hydrogen-bond acceptors (Lipinski definition) is 4. The van der Waals surface area contributed by atoms with Gasteiger partial charge < -0.3 is 4.90 Å². The Bertz CT molecular complexity index is 1010. The highest BCUT2D eigenvalue weighted by Gasteiger charge is 2.41. The Morgan fingerprint density at radius 3 is 2.68 bits per heavy atom. The summed E-state index contributed by atoms with van der Waals surface area (Å²) in [6.07, 6.45) is 2.66. The normalized spacial score (nSPS) is 23.5. The molecule has 0 bridgehead atoms. The van der Waals surface area contributed by atoms with Crippen molar-refractivity contribution in [2.75, 3.05) is 24.7 Å². The summed E-state index contributed by atoms with van der Waals surface area (Å²) in [6, 6.07) is 4.95. The lowest BCUT2D eigenvalue weighted by atomic mass is 9.92. The first-order chi connectivity index (χ1) is 12.8. The van der Waals surface area contributed by atoms with Gasteiger partial charge in [-0.2, -0.15) is 4.31 Å². The number of anilines is 1. The second-order valence-corrected chi connectivity index (χ2v) is 9.15. The number of halogens is 1. The minimum atomic E-state index is -3.87. The average Bonchev–Trinajstić information content (AvgIpc) is 2.54. The maximum absolute atomic E-state index is 12.1. The van der Waals surface area contributed by atoms with Gasteiger partial charge in [-0.3, -0.25) is 0 Å². The molecule has 1 aliphatic heterocycles. The highest BCUT2D eigenvalue weighted by Crippen LogP contribution is 2.38. The van der Waals surface area contributed by atoms with E-state index >= 15 is 0 Å². The molecule has 0 N–H and O–H groups in total. The van der Waals surface area contributed by atoms with E-state index in [4.69, 9.17) is 15.7 Å². The molecule has 0 saturated carbocycles. The van der Waals surface area contributed by atoms with E-state index in [1.54, 1.807) is 6.20 Å². The lowest BCUT2D eigenvalue weighted by Crippen LogP contribution is -2.65. The average molecular weight is 385 g/mol. The molecule has 3 rings (SSSR count). The molecule has 1 fully saturated rings. The summed E-state index contributed by atoms with van der Waals surface area (Å²) in [5.74, 6) is 0.299. The molecule has 1 aromatic carbocycles. The maximum atomic E-state index is 12.1. The van der Waals surface area contributed by atoms with Gasteiger partial charge in [0.2, 0.25) is 10.0 Å². The molecule has 1 saturated heterocycles. The Kier molecular flexibility index (Phi) is 3.79. The second-order valence-electron chi connectivity index (χ2n) is 6.90. The molecule has 2 aromatic rings. The van der Waals surface area contributed by atoms with Gasteiger partial charge in [0.1, 0.15) is 5.15 Å². The second kappa shape index (κ2) is 6.41. The first-order valence-corrected chi connectivity index (χ1v) is 10.4. The van der Waals surface area contributed by atoms with Gasteiger partial charge in [-0.25, -0.2) is 13.4 Å². The minimum absolute atomic E-state index is 0.293. The lowest BCUT2D eigenvalue weighted by molar-refractivity contribution is 0.251. The van der Waals surface area contributed by atoms with Crippen LogP contribution in [0.15, 0.2) is 24.4 Å². The van der Waals surface area contributed by atoms with Crippen LogP contribution in [0.2, 0.25) is 5.15 Å². The highest BCUT2D eigenvalue weighted by molar-refractivity contribution is 7.88. The quantitative estimate of drug-likeness (QED) is 0.757. The first kappa shape index (κ1) is 14.8. The summed E-state index contributed by atoms with van der Waals surface area (Å²) in [7, 11) is -3.87. The topological polar surface area (TPSA) is 53.5 Å². The van der Waals surface area contributed by atoms with Crippen molar-refractivity contribution in [2.45, 2.75) is 38.8 Å². The zero-order valence-electron chi connectivity index (χ0n) is 17.7. The van der Waals surface area contributed by atoms with Crippen molar-refractivity contribution in [3.8, 4) is 0 Å². The number of hydrogen-bond donors (Lipinski definition) is 0. The Hall–Kier alpha value is -1.37. The van der Waals surface area contributed by atoms with E-state index in [-0.39, 0.29) is 6.04 Å². The van der Waals surface area contributed by atoms with Gasteiger partial charge in [-0.05, 0) is 35.9 Å². The van der Waals surface area contributed by atoms with Gasteiger partial charge in [-0.15, -0.1) is 0 Å². The van der Waals surface area contributed by atoms with E-state index in [1.807, 2.05) is 30.0 Å². The standard InChI is InChI=1S/C18H24ClN3O2S/c1-11(2)13-6-7-16(15-9-20-18(19)8-14(13)15)22-10-17(12(22)3)21(4)25(5,23)24/h6-9,11-12,17H,10H2,1-5H3/t12-,17+/m1/s1/i4D3. The molecule has 0 unspecified atom stereocenters. The van der Waals surface area contributed by atoms with E-state index in [0.717, 1.165) is 28.3 Å². The minimum Gasteiger partial charge on any atom is -0.365 e. The zero-order chi connectivity index (χ0) is 21.0. The molecule has 5 nitrogen and oxygen atoms in total. The molecule has 2 atom stereocenters. The highest BCUT2D eigenvalue weighted by atomic mass is 35.5. The van der Waals surface area contributed by atoms with Crippen LogP contribution in [0.3, 0.4) is 0 Å². The molecule has 7 heteroatoms. The molecule has 0 spiro atoms. The molecule has 0 amide bonds. The molecule has 2 heterocycles. The largest absolute Gasteiger partial charge is 0.365 e. The third kappa shape index (κ3) is 3.23. The van der Waals surface area contributed by atoms with E-state index < -0.39 is 23.0 Å². The van der Waals surface area contributed by atoms with Gasteiger partial charge in [0.15, 0.2) is 0 Å². The zero-order valence-corrected chi connectivity index (χ0v) is 16.3. The lowest BCUT2D eigenvalue weighted by Gasteiger charge is -2.51. The number of pyridine rings is 1. The van der Waals surface area contributed by atoms with E-state index in [1.165, 1.54) is 0 Å². The van der Waals surface area contributed by atoms with Crippen LogP contribution < -0.4 is 4.90 Å². The van der Waals surface area contributed by atoms with Crippen molar-refractivity contribution in [2.24, 2.45) is 0 Å². The number of likely N-dealkylation sites (N-methyl/N-ethyl adjacent to an activating group) is 1. The van der Waals surface area contributed by atoms with E-state index in [2.05, 4.69) is 18.8 Å². The first-order valence-electron chi connectivity index (χ1n) is 9.66. The predicted octanol–water partition coefficient (Wildman–Crippen LogP) is 3.48. The van der Waals surface area contributed by atoms with Crippen LogP contribution in [0, 0.1) is 0 Å². The summed E-state index contributed by atoms with van der Waals surface area (Å²) in [4.78, 5) is 6.22. The number of rotatable bonds is 4. The maximum Gasteiger partial charge on any atom is 0.211 e. The molecular weight excluding hydrogens is 358 g/mol. The number of sulfonamides is 1. The molecule has 1 aromatic heterocycles. The monoisotopic (exact) mass is 384 g/mol. The number of fused-ring (bicyclic) bond motifs is 1. The number of benzene rings is 1. The predicted molar refractivity (Wildman–Crippen MR) is 104 cm³/mol. The molecule has 0 aliphatic carbocycles. The van der Waals surface area contributed by atoms with Gasteiger partial charge in [-0.1, -0.05) is 31.5 Å². The molecule has 1 aliphatic rings. The fraction of sp³-hybridized carbons (Fsp3) is 0.500. The Labute approximate surface area is 158 Å². The van der Waals surface area contributed by atoms with Crippen molar-refractivity contribution in [3.05, 3.63) is 35.1 Å². The van der Waals surface area contributed by atoms with E-state index in [0.29, 0.717) is 21.9 Å². The number of nitrogens with zero attached hydrogens (tertiary/aromatic N) is 3. The Morgan fingerprint density at radius 1 is 1.40 bits per heavy atom. The van der Waals surface area contributed by atoms with Crippen molar-refractivity contribution in [3.63, 3.8) is 0 Å². The summed E-state index contributed by atoms with van der Waals surface area (Å²) in [5.41, 5.74) is 2.04. The van der Waals surface area contributed by atoms with Crippen molar-refractivity contribution < 1.29 is 12.5 Å². The van der Waals surface area contributed by atoms with Gasteiger partial charge in [0.05, 0.1) is 12.3 Å². The van der Waals surface area contributed by atoms with Crippen molar-refractivity contribution in [1.29, 1.82) is 0 Å². The summed E-state index contributed by atoms with van der Waals surface area (Å²) in [5, 5.41) is 2.33. The fourth-order valence-corrected chi connectivity index (χ4v) is 4.29. The third-order valence-electron chi connectivity index (χ3n) is 4.90. The van der Waals surface area contributed by atoms with Gasteiger partial charge in [0, 0.05) is 40.9 Å². The van der Waals surface area contributed by atoms with Crippen molar-refractivity contribution in [1.82, 2.24) is 9.29 Å². The van der Waals surface area contributed by atoms with Gasteiger partial charge >= 0.3 is 0 Å². The molecular formula is C18H24ClN3O2S. The van der Waals surface area contributed by atoms with Crippen molar-refractivity contribution >= 4 is 38.1 Å². The molecule has 25 heavy (non-hydrogen) atoms. The summed E-state index contributed by atoms with van der Waals surface area (Å²) < 4.78 is 47.8. The van der Waals surface area contributed by atoms with Crippen LogP contribution in [0.5, 0.6) is 0 Å². The number of aromatic nitrogens is 1. The Morgan fingerprint density at radius 2 is 2.12 bits per heavy atom. The van der Waals surface area contributed by atoms with Crippen LogP contribution in [0.25, 0.3) is 10.8 Å². The van der Waals surface area contributed by atoms with Crippen LogP contribution in [-0.2, 0) is 10.0 Å². The third-order valence-corrected chi connectivity index (χ3v) is 6.09. The van der Waals surface area contributed by atoms with Crippen LogP contribution in [-0.4, -0.2) is 49.6 Å². The SMILES string of the molecule is [2H]C([2H])([2H])N([C@H]1CN(c2ccc(C(C)C)c3cc(Cl)ncc23)[C@@H]1C)S(C)(=O)=O. The van der Waals surface area contributed by atoms with Crippen LogP contribution in [0.4, 0.5) is 5.69 Å². The van der Waals surface area contributed by atoms with E-state index in [9.17, 15) is 8.42 Å². The summed E-state index contributed by atoms with van der Waals surface area (Å²) in [6.45, 7) is 3.63.